The molecule has 3 aromatic heterocycles. The van der Waals surface area contributed by atoms with Gasteiger partial charge in [-0.1, -0.05) is 11.3 Å². The van der Waals surface area contributed by atoms with Crippen molar-refractivity contribution in [3.05, 3.63) is 56.0 Å². The summed E-state index contributed by atoms with van der Waals surface area (Å²) < 4.78 is 39.4. The number of rotatable bonds is 7. The Labute approximate surface area is 251 Å². The summed E-state index contributed by atoms with van der Waals surface area (Å²) in [6, 6.07) is 3.57. The van der Waals surface area contributed by atoms with Crippen molar-refractivity contribution in [3.63, 3.8) is 0 Å². The van der Waals surface area contributed by atoms with Gasteiger partial charge in [0.25, 0.3) is 0 Å². The number of Topliss-reactive ketones (excluding diaryl/α,β-unsaturated/α-hetero) is 2. The van der Waals surface area contributed by atoms with Crippen molar-refractivity contribution >= 4 is 56.0 Å². The summed E-state index contributed by atoms with van der Waals surface area (Å²) in [5, 5.41) is 0.462. The van der Waals surface area contributed by atoms with Crippen LogP contribution in [-0.4, -0.2) is 56.4 Å². The van der Waals surface area contributed by atoms with Crippen LogP contribution in [-0.2, 0) is 32.2 Å². The van der Waals surface area contributed by atoms with Crippen LogP contribution in [0.3, 0.4) is 0 Å². The predicted octanol–water partition coefficient (Wildman–Crippen LogP) is 5.79. The Hall–Kier alpha value is -3.42. The van der Waals surface area contributed by atoms with E-state index >= 15 is 0 Å². The predicted molar refractivity (Wildman–Crippen MR) is 157 cm³/mol. The van der Waals surface area contributed by atoms with E-state index in [0.29, 0.717) is 65.5 Å². The minimum absolute atomic E-state index is 0.00440. The van der Waals surface area contributed by atoms with Crippen LogP contribution < -0.4 is 4.74 Å². The lowest BCUT2D eigenvalue weighted by Gasteiger charge is -2.13. The third-order valence-corrected chi connectivity index (χ3v) is 10.7. The SMILES string of the molecule is CCOC(=O)c1sc(Oc2cccnc2C)c2c1CCCC2=O.CCOC(=O)c1sc(S(C)(=O)=O)c2c1CCCC2=O. The number of sulfone groups is 1. The molecule has 3 aromatic rings. The topological polar surface area (TPSA) is 143 Å². The van der Waals surface area contributed by atoms with Crippen molar-refractivity contribution in [1.82, 2.24) is 4.98 Å². The van der Waals surface area contributed by atoms with Gasteiger partial charge in [-0.3, -0.25) is 14.6 Å². The van der Waals surface area contributed by atoms with Gasteiger partial charge in [-0.15, -0.1) is 11.3 Å². The summed E-state index contributed by atoms with van der Waals surface area (Å²) in [5.41, 5.74) is 2.78. The van der Waals surface area contributed by atoms with E-state index in [-0.39, 0.29) is 38.8 Å². The van der Waals surface area contributed by atoms with E-state index in [1.54, 1.807) is 32.2 Å². The number of ketones is 2. The van der Waals surface area contributed by atoms with Gasteiger partial charge in [0.2, 0.25) is 0 Å². The molecule has 0 aromatic carbocycles. The zero-order valence-electron chi connectivity index (χ0n) is 23.7. The first-order chi connectivity index (χ1) is 20.0. The number of hydrogen-bond donors (Lipinski definition) is 0. The molecule has 2 aliphatic rings. The van der Waals surface area contributed by atoms with Crippen molar-refractivity contribution in [2.45, 2.75) is 63.5 Å². The van der Waals surface area contributed by atoms with Crippen LogP contribution in [0.2, 0.25) is 0 Å². The highest BCUT2D eigenvalue weighted by Gasteiger charge is 2.34. The first-order valence-corrected chi connectivity index (χ1v) is 17.0. The molecule has 0 spiro atoms. The van der Waals surface area contributed by atoms with Gasteiger partial charge in [-0.2, -0.15) is 0 Å². The molecular formula is C29H31NO9S3. The average Bonchev–Trinajstić information content (AvgIpc) is 3.52. The molecule has 0 unspecified atom stereocenters. The summed E-state index contributed by atoms with van der Waals surface area (Å²) in [5.74, 6) is -0.525. The van der Waals surface area contributed by atoms with Gasteiger partial charge in [-0.25, -0.2) is 18.0 Å². The van der Waals surface area contributed by atoms with Gasteiger partial charge in [0.05, 0.1) is 30.0 Å². The minimum Gasteiger partial charge on any atom is -0.462 e. The van der Waals surface area contributed by atoms with E-state index in [1.807, 2.05) is 6.92 Å². The fraction of sp³-hybridized carbons (Fsp3) is 0.414. The summed E-state index contributed by atoms with van der Waals surface area (Å²) >= 11 is 2.04. The number of ether oxygens (including phenoxy) is 3. The summed E-state index contributed by atoms with van der Waals surface area (Å²) in [6.45, 7) is 5.80. The largest absolute Gasteiger partial charge is 0.462 e. The fourth-order valence-corrected chi connectivity index (χ4v) is 8.34. The van der Waals surface area contributed by atoms with E-state index < -0.39 is 15.8 Å². The third-order valence-electron chi connectivity index (χ3n) is 6.59. The lowest BCUT2D eigenvalue weighted by Crippen LogP contribution is -2.14. The van der Waals surface area contributed by atoms with E-state index in [0.717, 1.165) is 35.3 Å². The number of aryl methyl sites for hydroxylation is 1. The second kappa shape index (κ2) is 13.3. The summed E-state index contributed by atoms with van der Waals surface area (Å²) in [6.07, 6.45) is 6.17. The van der Waals surface area contributed by atoms with Crippen LogP contribution in [0.15, 0.2) is 22.5 Å². The zero-order valence-corrected chi connectivity index (χ0v) is 26.2. The second-order valence-corrected chi connectivity index (χ2v) is 13.8. The summed E-state index contributed by atoms with van der Waals surface area (Å²) in [4.78, 5) is 53.2. The van der Waals surface area contributed by atoms with Crippen LogP contribution in [0.4, 0.5) is 0 Å². The molecule has 0 bridgehead atoms. The Balaban J connectivity index is 0.000000197. The van der Waals surface area contributed by atoms with Gasteiger partial charge in [0, 0.05) is 25.3 Å². The van der Waals surface area contributed by atoms with E-state index in [4.69, 9.17) is 14.2 Å². The molecule has 42 heavy (non-hydrogen) atoms. The van der Waals surface area contributed by atoms with Gasteiger partial charge >= 0.3 is 11.9 Å². The maximum absolute atomic E-state index is 12.3. The van der Waals surface area contributed by atoms with Crippen molar-refractivity contribution in [3.8, 4) is 10.8 Å². The molecule has 13 heteroatoms. The Bertz CT molecular complexity index is 1650. The van der Waals surface area contributed by atoms with Crippen molar-refractivity contribution in [2.24, 2.45) is 0 Å². The molecule has 0 N–H and O–H groups in total. The molecule has 5 rings (SSSR count). The number of pyridine rings is 1. The van der Waals surface area contributed by atoms with Crippen molar-refractivity contribution in [2.75, 3.05) is 19.5 Å². The average molecular weight is 634 g/mol. The third kappa shape index (κ3) is 6.63. The van der Waals surface area contributed by atoms with Crippen molar-refractivity contribution < 1.29 is 41.8 Å². The Morgan fingerprint density at radius 3 is 1.98 bits per heavy atom. The standard InChI is InChI=1S/C17H17NO4S.C12H14O5S2/c1-3-21-16(20)15-11-6-4-7-12(19)14(11)17(23-15)22-13-8-5-9-18-10(13)2;1-3-17-11(14)10-7-5-4-6-8(13)9(7)12(18-10)19(2,15)16/h5,8-9H,3-4,6-7H2,1-2H3;3-6H2,1-2H3. The molecule has 0 fully saturated rings. The summed E-state index contributed by atoms with van der Waals surface area (Å²) in [7, 11) is -3.51. The number of nitrogens with zero attached hydrogens (tertiary/aromatic N) is 1. The number of esters is 2. The molecule has 10 nitrogen and oxygen atoms in total. The lowest BCUT2D eigenvalue weighted by molar-refractivity contribution is 0.0520. The molecule has 0 radical (unpaired) electrons. The first kappa shape index (κ1) is 31.5. The maximum atomic E-state index is 12.3. The molecule has 0 saturated carbocycles. The second-order valence-electron chi connectivity index (χ2n) is 9.60. The molecule has 0 aliphatic heterocycles. The van der Waals surface area contributed by atoms with Gasteiger partial charge in [0.1, 0.15) is 19.7 Å². The minimum atomic E-state index is -3.51. The van der Waals surface area contributed by atoms with E-state index in [1.165, 1.54) is 11.3 Å². The van der Waals surface area contributed by atoms with Crippen LogP contribution in [0, 0.1) is 6.92 Å². The van der Waals surface area contributed by atoms with Crippen LogP contribution in [0.1, 0.15) is 96.4 Å². The van der Waals surface area contributed by atoms with Crippen LogP contribution in [0.25, 0.3) is 0 Å². The number of carbonyl (C=O) groups excluding carboxylic acids is 4. The Morgan fingerprint density at radius 1 is 0.881 bits per heavy atom. The number of thiophene rings is 2. The molecule has 0 saturated heterocycles. The molecular weight excluding hydrogens is 603 g/mol. The van der Waals surface area contributed by atoms with E-state index in [2.05, 4.69) is 4.98 Å². The van der Waals surface area contributed by atoms with E-state index in [9.17, 15) is 27.6 Å². The molecule has 2 aliphatic carbocycles. The monoisotopic (exact) mass is 633 g/mol. The Morgan fingerprint density at radius 2 is 1.43 bits per heavy atom. The van der Waals surface area contributed by atoms with Crippen LogP contribution >= 0.6 is 22.7 Å². The lowest BCUT2D eigenvalue weighted by atomic mass is 9.92. The van der Waals surface area contributed by atoms with Crippen LogP contribution in [0.5, 0.6) is 10.8 Å². The highest BCUT2D eigenvalue weighted by Crippen LogP contribution is 2.43. The smallest absolute Gasteiger partial charge is 0.348 e. The normalized spacial score (nSPS) is 14.3. The number of aromatic nitrogens is 1. The molecule has 224 valence electrons. The first-order valence-electron chi connectivity index (χ1n) is 13.5. The quantitative estimate of drug-likeness (QED) is 0.294. The number of hydrogen-bond acceptors (Lipinski definition) is 12. The maximum Gasteiger partial charge on any atom is 0.348 e. The van der Waals surface area contributed by atoms with Gasteiger partial charge < -0.3 is 14.2 Å². The molecule has 0 amide bonds. The van der Waals surface area contributed by atoms with Crippen molar-refractivity contribution in [1.29, 1.82) is 0 Å². The molecule has 3 heterocycles. The van der Waals surface area contributed by atoms with Gasteiger partial charge in [-0.05, 0) is 69.7 Å². The highest BCUT2D eigenvalue weighted by molar-refractivity contribution is 7.92. The van der Waals surface area contributed by atoms with Gasteiger partial charge in [0.15, 0.2) is 26.5 Å². The molecule has 0 atom stereocenters. The highest BCUT2D eigenvalue weighted by atomic mass is 32.2. The number of fused-ring (bicyclic) bond motifs is 2. The fourth-order valence-electron chi connectivity index (χ4n) is 4.76. The Kier molecular flexibility index (Phi) is 9.95. The zero-order chi connectivity index (χ0) is 30.6. The number of carbonyl (C=O) groups is 4.